The van der Waals surface area contributed by atoms with Crippen LogP contribution in [0.2, 0.25) is 0 Å². The molecule has 1 aliphatic heterocycles. The highest BCUT2D eigenvalue weighted by Gasteiger charge is 2.30. The van der Waals surface area contributed by atoms with Crippen molar-refractivity contribution in [1.82, 2.24) is 10.3 Å². The zero-order valence-corrected chi connectivity index (χ0v) is 16.5. The van der Waals surface area contributed by atoms with E-state index in [-0.39, 0.29) is 5.91 Å². The third kappa shape index (κ3) is 3.95. The van der Waals surface area contributed by atoms with Gasteiger partial charge in [0.25, 0.3) is 11.8 Å². The lowest BCUT2D eigenvalue weighted by atomic mass is 9.93. The van der Waals surface area contributed by atoms with Crippen molar-refractivity contribution < 1.29 is 18.4 Å². The summed E-state index contributed by atoms with van der Waals surface area (Å²) in [7, 11) is 0. The molecule has 1 saturated heterocycles. The van der Waals surface area contributed by atoms with Gasteiger partial charge in [0.15, 0.2) is 5.76 Å². The first-order chi connectivity index (χ1) is 14.0. The van der Waals surface area contributed by atoms with E-state index in [9.17, 15) is 14.0 Å². The molecular weight excluding hydrogens is 373 g/mol. The van der Waals surface area contributed by atoms with Gasteiger partial charge in [-0.25, -0.2) is 9.82 Å². The molecule has 152 valence electrons. The summed E-state index contributed by atoms with van der Waals surface area (Å²) in [6.45, 7) is 3.40. The molecule has 2 aromatic rings. The van der Waals surface area contributed by atoms with Gasteiger partial charge in [-0.2, -0.15) is 5.10 Å². The molecule has 7 heteroatoms. The minimum absolute atomic E-state index is 0.0636. The number of amides is 2. The summed E-state index contributed by atoms with van der Waals surface area (Å²) in [5, 5.41) is 4.31. The van der Waals surface area contributed by atoms with Crippen molar-refractivity contribution in [3.8, 4) is 0 Å². The number of hydrogen-bond donors (Lipinski definition) is 1. The number of carbonyl (C=O) groups excluding carboxylic acids is 2. The van der Waals surface area contributed by atoms with Crippen molar-refractivity contribution in [2.24, 2.45) is 5.10 Å². The average molecular weight is 397 g/mol. The second-order valence-electron chi connectivity index (χ2n) is 7.57. The van der Waals surface area contributed by atoms with Crippen LogP contribution in [0, 0.1) is 12.7 Å². The molecule has 0 bridgehead atoms. The Kier molecular flexibility index (Phi) is 5.47. The van der Waals surface area contributed by atoms with E-state index in [1.54, 1.807) is 0 Å². The predicted octanol–water partition coefficient (Wildman–Crippen LogP) is 3.82. The molecule has 2 aliphatic rings. The predicted molar refractivity (Wildman–Crippen MR) is 107 cm³/mol. The normalized spacial score (nSPS) is 17.9. The van der Waals surface area contributed by atoms with Crippen LogP contribution in [0.3, 0.4) is 0 Å². The molecule has 1 aliphatic carbocycles. The fraction of sp³-hybridized carbons (Fsp3) is 0.409. The first-order valence-corrected chi connectivity index (χ1v) is 10.1. The lowest BCUT2D eigenvalue weighted by Crippen LogP contribution is -2.35. The first kappa shape index (κ1) is 19.4. The first-order valence-electron chi connectivity index (χ1n) is 10.1. The summed E-state index contributed by atoms with van der Waals surface area (Å²) < 4.78 is 19.0. The quantitative estimate of drug-likeness (QED) is 0.800. The molecule has 2 heterocycles. The number of hydrazone groups is 1. The van der Waals surface area contributed by atoms with E-state index in [1.165, 1.54) is 24.3 Å². The third-order valence-corrected chi connectivity index (χ3v) is 5.56. The number of aryl methyl sites for hydroxylation is 1. The monoisotopic (exact) mass is 397 g/mol. The topological polar surface area (TPSA) is 74.9 Å². The highest BCUT2D eigenvalue weighted by atomic mass is 19.1. The maximum absolute atomic E-state index is 13.0. The van der Waals surface area contributed by atoms with Crippen LogP contribution >= 0.6 is 0 Å². The van der Waals surface area contributed by atoms with Crippen molar-refractivity contribution >= 4 is 17.5 Å². The van der Waals surface area contributed by atoms with E-state index in [0.717, 1.165) is 62.1 Å². The van der Waals surface area contributed by atoms with E-state index in [2.05, 4.69) is 10.5 Å². The smallest absolute Gasteiger partial charge is 0.289 e. The number of benzene rings is 1. The molecule has 1 aromatic carbocycles. The highest BCUT2D eigenvalue weighted by molar-refractivity contribution is 6.07. The summed E-state index contributed by atoms with van der Waals surface area (Å²) in [5.74, 6) is 0.270. The van der Waals surface area contributed by atoms with Gasteiger partial charge in [-0.15, -0.1) is 0 Å². The molecular formula is C22H24FN3O3. The molecule has 1 fully saturated rings. The van der Waals surface area contributed by atoms with Crippen LogP contribution in [-0.2, 0) is 6.42 Å². The number of halogens is 1. The Balaban J connectivity index is 1.56. The van der Waals surface area contributed by atoms with Crippen molar-refractivity contribution in [2.75, 3.05) is 13.1 Å². The van der Waals surface area contributed by atoms with Gasteiger partial charge in [0.2, 0.25) is 0 Å². The molecule has 6 nitrogen and oxygen atoms in total. The lowest BCUT2D eigenvalue weighted by Gasteiger charge is -2.25. The second-order valence-corrected chi connectivity index (χ2v) is 7.57. The number of hydrogen-bond acceptors (Lipinski definition) is 4. The molecule has 0 atom stereocenters. The van der Waals surface area contributed by atoms with Crippen LogP contribution in [0.15, 0.2) is 33.8 Å². The van der Waals surface area contributed by atoms with Crippen LogP contribution in [0.1, 0.15) is 69.9 Å². The van der Waals surface area contributed by atoms with E-state index >= 15 is 0 Å². The number of carbonyl (C=O) groups is 2. The molecule has 0 unspecified atom stereocenters. The summed E-state index contributed by atoms with van der Waals surface area (Å²) in [5.41, 5.74) is 5.20. The van der Waals surface area contributed by atoms with Gasteiger partial charge in [0, 0.05) is 36.2 Å². The van der Waals surface area contributed by atoms with Crippen molar-refractivity contribution in [3.05, 3.63) is 58.3 Å². The van der Waals surface area contributed by atoms with Crippen LogP contribution in [0.25, 0.3) is 0 Å². The Labute approximate surface area is 168 Å². The van der Waals surface area contributed by atoms with Crippen LogP contribution in [0.5, 0.6) is 0 Å². The Morgan fingerprint density at radius 2 is 1.79 bits per heavy atom. The zero-order valence-electron chi connectivity index (χ0n) is 16.5. The number of furan rings is 1. The molecule has 29 heavy (non-hydrogen) atoms. The molecule has 0 saturated carbocycles. The summed E-state index contributed by atoms with van der Waals surface area (Å²) in [4.78, 5) is 27.1. The van der Waals surface area contributed by atoms with Gasteiger partial charge in [-0.3, -0.25) is 9.59 Å². The van der Waals surface area contributed by atoms with Crippen molar-refractivity contribution in [2.45, 2.75) is 45.4 Å². The number of rotatable bonds is 3. The fourth-order valence-electron chi connectivity index (χ4n) is 4.01. The lowest BCUT2D eigenvalue weighted by molar-refractivity contribution is 0.0689. The SMILES string of the molecule is Cc1c(C(=O)N2CCCCC2)oc2c1/C(=N/NC(=O)c1ccc(F)cc1)CCC2. The minimum Gasteiger partial charge on any atom is -0.455 e. The van der Waals surface area contributed by atoms with Crippen LogP contribution < -0.4 is 5.43 Å². The standard InChI is InChI=1S/C22H24FN3O3/c1-14-19-17(24-25-21(27)15-8-10-16(23)11-9-15)6-5-7-18(19)29-20(14)22(28)26-12-3-2-4-13-26/h8-11H,2-7,12-13H2,1H3,(H,25,27)/b24-17+. The maximum Gasteiger partial charge on any atom is 0.289 e. The highest BCUT2D eigenvalue weighted by Crippen LogP contribution is 2.31. The summed E-state index contributed by atoms with van der Waals surface area (Å²) >= 11 is 0. The largest absolute Gasteiger partial charge is 0.455 e. The molecule has 0 spiro atoms. The van der Waals surface area contributed by atoms with E-state index in [0.29, 0.717) is 23.5 Å². The number of nitrogens with zero attached hydrogens (tertiary/aromatic N) is 2. The number of nitrogens with one attached hydrogen (secondary N) is 1. The van der Waals surface area contributed by atoms with Gasteiger partial charge in [-0.1, -0.05) is 0 Å². The fourth-order valence-corrected chi connectivity index (χ4v) is 4.01. The molecule has 1 aromatic heterocycles. The van der Waals surface area contributed by atoms with Gasteiger partial charge >= 0.3 is 0 Å². The average Bonchev–Trinajstić information content (AvgIpc) is 3.10. The van der Waals surface area contributed by atoms with Crippen molar-refractivity contribution in [1.29, 1.82) is 0 Å². The van der Waals surface area contributed by atoms with Gasteiger partial charge in [0.1, 0.15) is 11.6 Å². The van der Waals surface area contributed by atoms with Gasteiger partial charge in [-0.05, 0) is 63.3 Å². The van der Waals surface area contributed by atoms with Gasteiger partial charge in [0.05, 0.1) is 5.71 Å². The third-order valence-electron chi connectivity index (χ3n) is 5.56. The molecule has 2 amide bonds. The Morgan fingerprint density at radius 1 is 1.07 bits per heavy atom. The van der Waals surface area contributed by atoms with Crippen LogP contribution in [-0.4, -0.2) is 35.5 Å². The second kappa shape index (κ2) is 8.19. The number of fused-ring (bicyclic) bond motifs is 1. The Morgan fingerprint density at radius 3 is 2.52 bits per heavy atom. The number of likely N-dealkylation sites (tertiary alicyclic amines) is 1. The van der Waals surface area contributed by atoms with E-state index in [4.69, 9.17) is 4.42 Å². The maximum atomic E-state index is 13.0. The Hall–Kier alpha value is -2.96. The van der Waals surface area contributed by atoms with E-state index < -0.39 is 11.7 Å². The van der Waals surface area contributed by atoms with Crippen molar-refractivity contribution in [3.63, 3.8) is 0 Å². The van der Waals surface area contributed by atoms with E-state index in [1.807, 2.05) is 11.8 Å². The molecule has 1 N–H and O–H groups in total. The van der Waals surface area contributed by atoms with Crippen LogP contribution in [0.4, 0.5) is 4.39 Å². The zero-order chi connectivity index (χ0) is 20.4. The molecule has 4 rings (SSSR count). The summed E-state index contributed by atoms with van der Waals surface area (Å²) in [6, 6.07) is 5.30. The van der Waals surface area contributed by atoms with Gasteiger partial charge < -0.3 is 9.32 Å². The Bertz CT molecular complexity index is 956. The minimum atomic E-state index is -0.407. The number of piperidine rings is 1. The molecule has 0 radical (unpaired) electrons. The summed E-state index contributed by atoms with van der Waals surface area (Å²) in [6.07, 6.45) is 5.47.